The molecule has 26 heavy (non-hydrogen) atoms. The van der Waals surface area contributed by atoms with Crippen LogP contribution in [0, 0.1) is 6.92 Å². The van der Waals surface area contributed by atoms with Gasteiger partial charge in [-0.1, -0.05) is 18.2 Å². The molecule has 0 spiro atoms. The number of carbonyl (C=O) groups is 1. The maximum atomic E-state index is 12.6. The summed E-state index contributed by atoms with van der Waals surface area (Å²) < 4.78 is 5.72. The molecule has 7 heteroatoms. The Morgan fingerprint density at radius 1 is 1.27 bits per heavy atom. The molecule has 0 aliphatic heterocycles. The summed E-state index contributed by atoms with van der Waals surface area (Å²) in [5.74, 6) is 0.735. The minimum absolute atomic E-state index is 0.00334. The van der Waals surface area contributed by atoms with Crippen LogP contribution in [0.25, 0.3) is 17.5 Å². The normalized spacial score (nSPS) is 11.4. The molecule has 2 heterocycles. The van der Waals surface area contributed by atoms with Gasteiger partial charge in [-0.15, -0.1) is 21.5 Å². The van der Waals surface area contributed by atoms with Crippen LogP contribution in [0.3, 0.4) is 0 Å². The Labute approximate surface area is 156 Å². The number of benzene rings is 1. The molecular formula is C19H20N4O2S. The van der Waals surface area contributed by atoms with Crippen molar-refractivity contribution in [1.29, 1.82) is 0 Å². The Morgan fingerprint density at radius 2 is 2.04 bits per heavy atom. The molecule has 0 unspecified atom stereocenters. The summed E-state index contributed by atoms with van der Waals surface area (Å²) in [6.45, 7) is 6.10. The van der Waals surface area contributed by atoms with Crippen molar-refractivity contribution in [3.63, 3.8) is 0 Å². The highest BCUT2D eigenvalue weighted by Crippen LogP contribution is 2.18. The van der Waals surface area contributed by atoms with Crippen LogP contribution in [-0.4, -0.2) is 32.0 Å². The fourth-order valence-electron chi connectivity index (χ4n) is 2.38. The summed E-state index contributed by atoms with van der Waals surface area (Å²) in [7, 11) is 0. The van der Waals surface area contributed by atoms with Gasteiger partial charge in [-0.05, 0) is 39.0 Å². The van der Waals surface area contributed by atoms with Crippen LogP contribution >= 0.6 is 11.3 Å². The zero-order valence-electron chi connectivity index (χ0n) is 14.9. The third-order valence-corrected chi connectivity index (χ3v) is 4.52. The van der Waals surface area contributed by atoms with Gasteiger partial charge in [-0.2, -0.15) is 0 Å². The molecular weight excluding hydrogens is 348 g/mol. The van der Waals surface area contributed by atoms with E-state index in [1.54, 1.807) is 22.3 Å². The lowest BCUT2D eigenvalue weighted by Gasteiger charge is -2.23. The Bertz CT molecular complexity index is 899. The van der Waals surface area contributed by atoms with E-state index in [1.807, 2.05) is 56.5 Å². The Hall–Kier alpha value is -2.80. The molecule has 2 aromatic heterocycles. The van der Waals surface area contributed by atoms with Crippen molar-refractivity contribution in [2.45, 2.75) is 33.4 Å². The van der Waals surface area contributed by atoms with Crippen molar-refractivity contribution in [2.24, 2.45) is 0 Å². The first kappa shape index (κ1) is 18.0. The fourth-order valence-corrected chi connectivity index (χ4v) is 2.97. The summed E-state index contributed by atoms with van der Waals surface area (Å²) in [6, 6.07) is 9.55. The number of amides is 1. The van der Waals surface area contributed by atoms with Gasteiger partial charge in [0.15, 0.2) is 0 Å². The van der Waals surface area contributed by atoms with Gasteiger partial charge in [0.25, 0.3) is 0 Å². The zero-order chi connectivity index (χ0) is 18.5. The Kier molecular flexibility index (Phi) is 5.58. The second-order valence-corrected chi connectivity index (χ2v) is 7.11. The van der Waals surface area contributed by atoms with Gasteiger partial charge in [0, 0.05) is 23.1 Å². The smallest absolute Gasteiger partial charge is 0.247 e. The quantitative estimate of drug-likeness (QED) is 0.616. The molecule has 0 atom stereocenters. The number of aryl methyl sites for hydroxylation is 1. The zero-order valence-corrected chi connectivity index (χ0v) is 15.7. The molecule has 0 saturated heterocycles. The molecule has 0 bridgehead atoms. The van der Waals surface area contributed by atoms with Gasteiger partial charge in [0.05, 0.1) is 17.2 Å². The maximum Gasteiger partial charge on any atom is 0.247 e. The van der Waals surface area contributed by atoms with E-state index in [2.05, 4.69) is 15.2 Å². The second kappa shape index (κ2) is 8.05. The summed E-state index contributed by atoms with van der Waals surface area (Å²) in [4.78, 5) is 18.6. The van der Waals surface area contributed by atoms with Crippen LogP contribution < -0.4 is 0 Å². The highest BCUT2D eigenvalue weighted by atomic mass is 32.1. The maximum absolute atomic E-state index is 12.6. The third-order valence-electron chi connectivity index (χ3n) is 3.73. The molecule has 0 aliphatic carbocycles. The van der Waals surface area contributed by atoms with Gasteiger partial charge in [0.1, 0.15) is 0 Å². The molecule has 0 aliphatic rings. The first-order valence-corrected chi connectivity index (χ1v) is 9.19. The Morgan fingerprint density at radius 3 is 2.69 bits per heavy atom. The van der Waals surface area contributed by atoms with E-state index >= 15 is 0 Å². The van der Waals surface area contributed by atoms with Gasteiger partial charge in [-0.25, -0.2) is 4.98 Å². The van der Waals surface area contributed by atoms with Crippen molar-refractivity contribution in [3.8, 4) is 11.5 Å². The molecule has 0 fully saturated rings. The third kappa shape index (κ3) is 4.43. The molecule has 0 radical (unpaired) electrons. The topological polar surface area (TPSA) is 72.1 Å². The van der Waals surface area contributed by atoms with E-state index in [0.29, 0.717) is 11.8 Å². The van der Waals surface area contributed by atoms with E-state index in [4.69, 9.17) is 4.42 Å². The minimum Gasteiger partial charge on any atom is -0.419 e. The summed E-state index contributed by atoms with van der Waals surface area (Å²) in [5, 5.41) is 11.0. The van der Waals surface area contributed by atoms with Crippen molar-refractivity contribution < 1.29 is 9.21 Å². The molecule has 6 nitrogen and oxygen atoms in total. The standard InChI is InChI=1S/C19H20N4O2S/c1-13(2)23(18(24)10-9-16-12-26-14(3)20-16)11-17-21-22-19(25-17)15-7-5-4-6-8-15/h4-10,12-13H,11H2,1-3H3/b10-9+. The molecule has 3 aromatic rings. The van der Waals surface area contributed by atoms with Gasteiger partial charge >= 0.3 is 0 Å². The monoisotopic (exact) mass is 368 g/mol. The van der Waals surface area contributed by atoms with Gasteiger partial charge in [0.2, 0.25) is 17.7 Å². The highest BCUT2D eigenvalue weighted by molar-refractivity contribution is 7.09. The van der Waals surface area contributed by atoms with Crippen LogP contribution in [0.1, 0.15) is 30.4 Å². The van der Waals surface area contributed by atoms with Crippen LogP contribution in [-0.2, 0) is 11.3 Å². The number of aromatic nitrogens is 3. The number of hydrogen-bond acceptors (Lipinski definition) is 6. The lowest BCUT2D eigenvalue weighted by molar-refractivity contribution is -0.128. The molecule has 3 rings (SSSR count). The van der Waals surface area contributed by atoms with E-state index in [-0.39, 0.29) is 18.5 Å². The number of carbonyl (C=O) groups excluding carboxylic acids is 1. The first-order valence-electron chi connectivity index (χ1n) is 8.31. The lowest BCUT2D eigenvalue weighted by Crippen LogP contribution is -2.35. The van der Waals surface area contributed by atoms with E-state index in [1.165, 1.54) is 6.08 Å². The average Bonchev–Trinajstić information content (AvgIpc) is 3.27. The Balaban J connectivity index is 1.71. The van der Waals surface area contributed by atoms with E-state index in [9.17, 15) is 4.79 Å². The second-order valence-electron chi connectivity index (χ2n) is 6.05. The van der Waals surface area contributed by atoms with E-state index in [0.717, 1.165) is 16.3 Å². The van der Waals surface area contributed by atoms with E-state index < -0.39 is 0 Å². The number of hydrogen-bond donors (Lipinski definition) is 0. The predicted octanol–water partition coefficient (Wildman–Crippen LogP) is 3.95. The lowest BCUT2D eigenvalue weighted by atomic mass is 10.2. The average molecular weight is 368 g/mol. The van der Waals surface area contributed by atoms with Crippen molar-refractivity contribution in [3.05, 3.63) is 58.4 Å². The highest BCUT2D eigenvalue weighted by Gasteiger charge is 2.19. The fraction of sp³-hybridized carbons (Fsp3) is 0.263. The van der Waals surface area contributed by atoms with Crippen LogP contribution in [0.5, 0.6) is 0 Å². The summed E-state index contributed by atoms with van der Waals surface area (Å²) >= 11 is 1.55. The SMILES string of the molecule is Cc1nc(/C=C/C(=O)N(Cc2nnc(-c3ccccc3)o2)C(C)C)cs1. The van der Waals surface area contributed by atoms with Crippen molar-refractivity contribution in [1.82, 2.24) is 20.1 Å². The van der Waals surface area contributed by atoms with Crippen LogP contribution in [0.2, 0.25) is 0 Å². The predicted molar refractivity (Wildman–Crippen MR) is 101 cm³/mol. The molecule has 0 N–H and O–H groups in total. The number of nitrogens with zero attached hydrogens (tertiary/aromatic N) is 4. The largest absolute Gasteiger partial charge is 0.419 e. The van der Waals surface area contributed by atoms with Crippen molar-refractivity contribution >= 4 is 23.3 Å². The van der Waals surface area contributed by atoms with Crippen LogP contribution in [0.15, 0.2) is 46.2 Å². The van der Waals surface area contributed by atoms with Crippen molar-refractivity contribution in [2.75, 3.05) is 0 Å². The molecule has 134 valence electrons. The summed E-state index contributed by atoms with van der Waals surface area (Å²) in [5.41, 5.74) is 1.64. The number of rotatable bonds is 6. The summed E-state index contributed by atoms with van der Waals surface area (Å²) in [6.07, 6.45) is 3.26. The first-order chi connectivity index (χ1) is 12.5. The molecule has 1 amide bonds. The van der Waals surface area contributed by atoms with Gasteiger partial charge < -0.3 is 9.32 Å². The minimum atomic E-state index is -0.120. The van der Waals surface area contributed by atoms with Crippen LogP contribution in [0.4, 0.5) is 0 Å². The van der Waals surface area contributed by atoms with Gasteiger partial charge in [-0.3, -0.25) is 4.79 Å². The number of thiazole rings is 1. The molecule has 0 saturated carbocycles. The molecule has 1 aromatic carbocycles.